The van der Waals surface area contributed by atoms with E-state index >= 15 is 0 Å². The molecule has 0 aliphatic carbocycles. The van der Waals surface area contributed by atoms with Crippen LogP contribution in [-0.2, 0) is 13.0 Å². The molecule has 90 valence electrons. The van der Waals surface area contributed by atoms with Crippen LogP contribution in [0.2, 0.25) is 0 Å². The third-order valence-corrected chi connectivity index (χ3v) is 2.43. The molecule has 0 atom stereocenters. The van der Waals surface area contributed by atoms with Crippen molar-refractivity contribution < 1.29 is 9.15 Å². The van der Waals surface area contributed by atoms with Crippen LogP contribution < -0.4 is 10.1 Å². The first-order valence-corrected chi connectivity index (χ1v) is 5.67. The number of aryl methyl sites for hydroxylation is 1. The average molecular weight is 232 g/mol. The summed E-state index contributed by atoms with van der Waals surface area (Å²) in [4.78, 5) is 4.19. The first-order valence-electron chi connectivity index (χ1n) is 5.67. The smallest absolute Gasteiger partial charge is 0.399 e. The fourth-order valence-electron chi connectivity index (χ4n) is 1.49. The second kappa shape index (κ2) is 5.50. The summed E-state index contributed by atoms with van der Waals surface area (Å²) < 4.78 is 10.7. The van der Waals surface area contributed by atoms with Crippen molar-refractivity contribution in [1.29, 1.82) is 0 Å². The van der Waals surface area contributed by atoms with Crippen LogP contribution in [0.25, 0.3) is 0 Å². The van der Waals surface area contributed by atoms with Crippen LogP contribution in [0.3, 0.4) is 0 Å². The summed E-state index contributed by atoms with van der Waals surface area (Å²) in [5, 5.41) is 3.00. The van der Waals surface area contributed by atoms with Crippen molar-refractivity contribution in [1.82, 2.24) is 10.3 Å². The average Bonchev–Trinajstić information content (AvgIpc) is 2.78. The number of nitrogens with zero attached hydrogens (tertiary/aromatic N) is 1. The van der Waals surface area contributed by atoms with Crippen LogP contribution >= 0.6 is 0 Å². The van der Waals surface area contributed by atoms with Crippen molar-refractivity contribution in [3.05, 3.63) is 41.8 Å². The third-order valence-electron chi connectivity index (χ3n) is 2.43. The lowest BCUT2D eigenvalue weighted by Gasteiger charge is -2.01. The Morgan fingerprint density at radius 1 is 1.29 bits per heavy atom. The van der Waals surface area contributed by atoms with Crippen LogP contribution in [0.5, 0.6) is 11.8 Å². The highest BCUT2D eigenvalue weighted by Crippen LogP contribution is 2.21. The van der Waals surface area contributed by atoms with Crippen molar-refractivity contribution in [3.63, 3.8) is 0 Å². The highest BCUT2D eigenvalue weighted by Gasteiger charge is 2.05. The zero-order valence-corrected chi connectivity index (χ0v) is 10.1. The largest absolute Gasteiger partial charge is 0.417 e. The number of aromatic nitrogens is 1. The first-order chi connectivity index (χ1) is 8.31. The van der Waals surface area contributed by atoms with E-state index in [-0.39, 0.29) is 6.08 Å². The molecule has 0 radical (unpaired) electrons. The SMILES string of the molecule is CCc1ccc(Oc2nc(CNC)co2)cc1. The predicted molar refractivity (Wildman–Crippen MR) is 65.2 cm³/mol. The quantitative estimate of drug-likeness (QED) is 0.861. The normalized spacial score (nSPS) is 10.5. The van der Waals surface area contributed by atoms with Crippen LogP contribution in [0.15, 0.2) is 34.9 Å². The zero-order valence-electron chi connectivity index (χ0n) is 10.1. The molecular formula is C13H16N2O2. The molecule has 0 unspecified atom stereocenters. The molecule has 0 fully saturated rings. The molecule has 2 rings (SSSR count). The van der Waals surface area contributed by atoms with E-state index in [1.54, 1.807) is 6.26 Å². The van der Waals surface area contributed by atoms with Gasteiger partial charge in [0.2, 0.25) is 0 Å². The third kappa shape index (κ3) is 3.07. The number of benzene rings is 1. The lowest BCUT2D eigenvalue weighted by Crippen LogP contribution is -2.04. The highest BCUT2D eigenvalue weighted by molar-refractivity contribution is 5.28. The van der Waals surface area contributed by atoms with Gasteiger partial charge in [0.05, 0.1) is 5.69 Å². The zero-order chi connectivity index (χ0) is 12.1. The van der Waals surface area contributed by atoms with E-state index in [1.807, 2.05) is 31.3 Å². The van der Waals surface area contributed by atoms with Crippen LogP contribution in [0.4, 0.5) is 0 Å². The maximum absolute atomic E-state index is 5.50. The second-order valence-electron chi connectivity index (χ2n) is 3.73. The van der Waals surface area contributed by atoms with Gasteiger partial charge in [0, 0.05) is 6.54 Å². The van der Waals surface area contributed by atoms with Gasteiger partial charge in [-0.2, -0.15) is 4.98 Å². The maximum atomic E-state index is 5.50. The van der Waals surface area contributed by atoms with Crippen molar-refractivity contribution in [3.8, 4) is 11.8 Å². The van der Waals surface area contributed by atoms with Gasteiger partial charge in [-0.05, 0) is 31.2 Å². The summed E-state index contributed by atoms with van der Waals surface area (Å²) in [6.07, 6.45) is 2.89. The van der Waals surface area contributed by atoms with Crippen molar-refractivity contribution in [2.24, 2.45) is 0 Å². The number of hydrogen-bond donors (Lipinski definition) is 1. The van der Waals surface area contributed by atoms with Gasteiger partial charge in [0.1, 0.15) is 12.0 Å². The number of rotatable bonds is 5. The van der Waals surface area contributed by atoms with E-state index in [2.05, 4.69) is 17.2 Å². The molecule has 17 heavy (non-hydrogen) atoms. The van der Waals surface area contributed by atoms with E-state index in [0.717, 1.165) is 17.9 Å². The topological polar surface area (TPSA) is 47.3 Å². The Labute approximate surface area is 101 Å². The van der Waals surface area contributed by atoms with E-state index in [1.165, 1.54) is 5.56 Å². The number of ether oxygens (including phenoxy) is 1. The number of nitrogens with one attached hydrogen (secondary N) is 1. The predicted octanol–water partition coefficient (Wildman–Crippen LogP) is 2.75. The van der Waals surface area contributed by atoms with E-state index < -0.39 is 0 Å². The Morgan fingerprint density at radius 3 is 2.71 bits per heavy atom. The molecule has 0 saturated carbocycles. The monoisotopic (exact) mass is 232 g/mol. The number of hydrogen-bond acceptors (Lipinski definition) is 4. The molecular weight excluding hydrogens is 216 g/mol. The van der Waals surface area contributed by atoms with Gasteiger partial charge in [-0.15, -0.1) is 0 Å². The molecule has 1 aromatic heterocycles. The molecule has 0 aliphatic heterocycles. The molecule has 0 saturated heterocycles. The van der Waals surface area contributed by atoms with Crippen molar-refractivity contribution in [2.75, 3.05) is 7.05 Å². The number of oxazole rings is 1. The molecule has 1 heterocycles. The van der Waals surface area contributed by atoms with Gasteiger partial charge < -0.3 is 14.5 Å². The summed E-state index contributed by atoms with van der Waals surface area (Å²) >= 11 is 0. The summed E-state index contributed by atoms with van der Waals surface area (Å²) in [5.74, 6) is 0.736. The molecule has 0 bridgehead atoms. The Kier molecular flexibility index (Phi) is 3.77. The van der Waals surface area contributed by atoms with Gasteiger partial charge in [-0.1, -0.05) is 19.1 Å². The van der Waals surface area contributed by atoms with E-state index in [4.69, 9.17) is 9.15 Å². The molecule has 0 spiro atoms. The molecule has 0 amide bonds. The fourth-order valence-corrected chi connectivity index (χ4v) is 1.49. The summed E-state index contributed by atoms with van der Waals surface area (Å²) in [5.41, 5.74) is 2.10. The van der Waals surface area contributed by atoms with Crippen LogP contribution in [-0.4, -0.2) is 12.0 Å². The lowest BCUT2D eigenvalue weighted by atomic mass is 10.2. The van der Waals surface area contributed by atoms with Crippen LogP contribution in [0, 0.1) is 0 Å². The highest BCUT2D eigenvalue weighted by atomic mass is 16.6. The minimum absolute atomic E-state index is 0.277. The lowest BCUT2D eigenvalue weighted by molar-refractivity contribution is 0.330. The van der Waals surface area contributed by atoms with Gasteiger partial charge >= 0.3 is 6.08 Å². The molecule has 4 heteroatoms. The molecule has 2 aromatic rings. The van der Waals surface area contributed by atoms with Gasteiger partial charge in [0.15, 0.2) is 0 Å². The Hall–Kier alpha value is -1.81. The molecule has 1 aromatic carbocycles. The standard InChI is InChI=1S/C13H16N2O2/c1-3-10-4-6-12(7-5-10)17-13-15-11(8-14-2)9-16-13/h4-7,9,14H,3,8H2,1-2H3. The molecule has 4 nitrogen and oxygen atoms in total. The Bertz CT molecular complexity index is 463. The van der Waals surface area contributed by atoms with Gasteiger partial charge in [-0.3, -0.25) is 0 Å². The van der Waals surface area contributed by atoms with Gasteiger partial charge in [-0.25, -0.2) is 0 Å². The Morgan fingerprint density at radius 2 is 2.06 bits per heavy atom. The van der Waals surface area contributed by atoms with Crippen LogP contribution in [0.1, 0.15) is 18.2 Å². The minimum atomic E-state index is 0.277. The van der Waals surface area contributed by atoms with Crippen molar-refractivity contribution in [2.45, 2.75) is 19.9 Å². The van der Waals surface area contributed by atoms with E-state index in [9.17, 15) is 0 Å². The Balaban J connectivity index is 2.03. The summed E-state index contributed by atoms with van der Waals surface area (Å²) in [6.45, 7) is 2.79. The van der Waals surface area contributed by atoms with Crippen molar-refractivity contribution >= 4 is 0 Å². The maximum Gasteiger partial charge on any atom is 0.399 e. The van der Waals surface area contributed by atoms with E-state index in [0.29, 0.717) is 6.54 Å². The minimum Gasteiger partial charge on any atom is -0.417 e. The fraction of sp³-hybridized carbons (Fsp3) is 0.308. The summed E-state index contributed by atoms with van der Waals surface area (Å²) in [7, 11) is 1.86. The molecule has 1 N–H and O–H groups in total. The summed E-state index contributed by atoms with van der Waals surface area (Å²) in [6, 6.07) is 7.90. The first kappa shape index (κ1) is 11.7. The molecule has 0 aliphatic rings. The second-order valence-corrected chi connectivity index (χ2v) is 3.73. The van der Waals surface area contributed by atoms with Gasteiger partial charge in [0.25, 0.3) is 0 Å².